The molecule has 114 valence electrons. The largest absolute Gasteiger partial charge is 0.465 e. The van der Waals surface area contributed by atoms with Crippen molar-refractivity contribution >= 4 is 23.3 Å². The molecule has 0 bridgehead atoms. The second kappa shape index (κ2) is 7.22. The second-order valence-corrected chi connectivity index (χ2v) is 4.35. The fourth-order valence-corrected chi connectivity index (χ4v) is 1.60. The number of rotatable bonds is 6. The van der Waals surface area contributed by atoms with Crippen LogP contribution in [0.4, 0.5) is 11.4 Å². The summed E-state index contributed by atoms with van der Waals surface area (Å²) in [7, 11) is 3.11. The van der Waals surface area contributed by atoms with Crippen LogP contribution in [0.3, 0.4) is 0 Å². The van der Waals surface area contributed by atoms with Crippen molar-refractivity contribution in [1.82, 2.24) is 4.90 Å². The van der Waals surface area contributed by atoms with Crippen molar-refractivity contribution in [1.29, 1.82) is 0 Å². The number of benzene rings is 1. The van der Waals surface area contributed by atoms with E-state index in [2.05, 4.69) is 5.32 Å². The summed E-state index contributed by atoms with van der Waals surface area (Å²) in [6, 6.07) is 4.03. The predicted octanol–water partition coefficient (Wildman–Crippen LogP) is 1.27. The van der Waals surface area contributed by atoms with E-state index in [1.165, 1.54) is 23.1 Å². The number of ether oxygens (including phenoxy) is 1. The van der Waals surface area contributed by atoms with E-state index in [0.29, 0.717) is 0 Å². The molecule has 0 aromatic heterocycles. The van der Waals surface area contributed by atoms with Crippen LogP contribution in [0, 0.1) is 10.1 Å². The van der Waals surface area contributed by atoms with Gasteiger partial charge in [0.2, 0.25) is 0 Å². The molecule has 8 nitrogen and oxygen atoms in total. The Labute approximate surface area is 121 Å². The molecule has 0 aliphatic rings. The molecule has 0 unspecified atom stereocenters. The van der Waals surface area contributed by atoms with Gasteiger partial charge in [0.1, 0.15) is 12.2 Å². The number of hydrogen-bond donors (Lipinski definition) is 1. The lowest BCUT2D eigenvalue weighted by Crippen LogP contribution is -2.22. The molecular formula is C13H17N3O5. The quantitative estimate of drug-likeness (QED) is 0.482. The summed E-state index contributed by atoms with van der Waals surface area (Å²) < 4.78 is 4.73. The highest BCUT2D eigenvalue weighted by molar-refractivity contribution is 5.95. The van der Waals surface area contributed by atoms with E-state index in [1.807, 2.05) is 0 Å². The van der Waals surface area contributed by atoms with Gasteiger partial charge < -0.3 is 15.0 Å². The van der Waals surface area contributed by atoms with Crippen LogP contribution in [0.1, 0.15) is 17.3 Å². The summed E-state index contributed by atoms with van der Waals surface area (Å²) in [5.41, 5.74) is 0.0868. The monoisotopic (exact) mass is 295 g/mol. The first-order valence-electron chi connectivity index (χ1n) is 6.26. The minimum atomic E-state index is -0.611. The average molecular weight is 295 g/mol. The second-order valence-electron chi connectivity index (χ2n) is 4.35. The molecule has 0 aliphatic carbocycles. The highest BCUT2D eigenvalue weighted by Gasteiger charge is 2.19. The van der Waals surface area contributed by atoms with Gasteiger partial charge >= 0.3 is 5.97 Å². The SMILES string of the molecule is CCOC(=O)CNc1ccc(C(=O)N(C)C)cc1[N+](=O)[O-]. The van der Waals surface area contributed by atoms with Crippen molar-refractivity contribution < 1.29 is 19.2 Å². The number of carbonyl (C=O) groups is 2. The summed E-state index contributed by atoms with van der Waals surface area (Å²) in [5, 5.41) is 13.7. The number of carbonyl (C=O) groups excluding carboxylic acids is 2. The van der Waals surface area contributed by atoms with Gasteiger partial charge in [-0.15, -0.1) is 0 Å². The molecule has 0 aliphatic heterocycles. The lowest BCUT2D eigenvalue weighted by molar-refractivity contribution is -0.384. The number of hydrogen-bond acceptors (Lipinski definition) is 6. The van der Waals surface area contributed by atoms with Gasteiger partial charge in [-0.2, -0.15) is 0 Å². The number of anilines is 1. The lowest BCUT2D eigenvalue weighted by atomic mass is 10.1. The standard InChI is InChI=1S/C13H17N3O5/c1-4-21-12(17)8-14-10-6-5-9(13(18)15(2)3)7-11(10)16(19)20/h5-7,14H,4,8H2,1-3H3. The van der Waals surface area contributed by atoms with Gasteiger partial charge in [-0.25, -0.2) is 0 Å². The molecule has 0 radical (unpaired) electrons. The molecule has 0 atom stereocenters. The third kappa shape index (κ3) is 4.44. The Kier molecular flexibility index (Phi) is 5.65. The number of nitrogens with one attached hydrogen (secondary N) is 1. The molecule has 1 amide bonds. The van der Waals surface area contributed by atoms with E-state index >= 15 is 0 Å². The summed E-state index contributed by atoms with van der Waals surface area (Å²) in [5.74, 6) is -0.852. The first kappa shape index (κ1) is 16.4. The molecule has 0 saturated carbocycles. The van der Waals surface area contributed by atoms with E-state index < -0.39 is 10.9 Å². The average Bonchev–Trinajstić information content (AvgIpc) is 2.44. The Morgan fingerprint density at radius 3 is 2.57 bits per heavy atom. The normalized spacial score (nSPS) is 9.86. The summed E-state index contributed by atoms with van der Waals surface area (Å²) in [4.78, 5) is 34.8. The summed E-state index contributed by atoms with van der Waals surface area (Å²) in [6.07, 6.45) is 0. The van der Waals surface area contributed by atoms with Gasteiger partial charge in [-0.3, -0.25) is 19.7 Å². The number of nitro benzene ring substituents is 1. The zero-order valence-corrected chi connectivity index (χ0v) is 12.1. The van der Waals surface area contributed by atoms with Crippen LogP contribution >= 0.6 is 0 Å². The minimum absolute atomic E-state index is 0.156. The molecule has 0 spiro atoms. The summed E-state index contributed by atoms with van der Waals surface area (Å²) in [6.45, 7) is 1.72. The Morgan fingerprint density at radius 1 is 1.38 bits per heavy atom. The van der Waals surface area contributed by atoms with Crippen LogP contribution < -0.4 is 5.32 Å². The Balaban J connectivity index is 2.97. The van der Waals surface area contributed by atoms with E-state index in [1.54, 1.807) is 21.0 Å². The van der Waals surface area contributed by atoms with E-state index in [-0.39, 0.29) is 36.0 Å². The topological polar surface area (TPSA) is 102 Å². The Hall–Kier alpha value is -2.64. The number of nitrogens with zero attached hydrogens (tertiary/aromatic N) is 2. The maximum absolute atomic E-state index is 11.8. The van der Waals surface area contributed by atoms with Gasteiger partial charge in [0.25, 0.3) is 11.6 Å². The van der Waals surface area contributed by atoms with Crippen LogP contribution in [-0.2, 0) is 9.53 Å². The van der Waals surface area contributed by atoms with Gasteiger partial charge in [-0.05, 0) is 19.1 Å². The van der Waals surface area contributed by atoms with Crippen molar-refractivity contribution in [2.24, 2.45) is 0 Å². The van der Waals surface area contributed by atoms with Gasteiger partial charge in [0.15, 0.2) is 0 Å². The van der Waals surface area contributed by atoms with Crippen LogP contribution in [0.5, 0.6) is 0 Å². The minimum Gasteiger partial charge on any atom is -0.465 e. The van der Waals surface area contributed by atoms with Crippen molar-refractivity contribution in [3.63, 3.8) is 0 Å². The van der Waals surface area contributed by atoms with Crippen molar-refractivity contribution in [2.75, 3.05) is 32.6 Å². The van der Waals surface area contributed by atoms with Crippen molar-refractivity contribution in [3.05, 3.63) is 33.9 Å². The fourth-order valence-electron chi connectivity index (χ4n) is 1.60. The van der Waals surface area contributed by atoms with Gasteiger partial charge in [0, 0.05) is 25.7 Å². The number of nitro groups is 1. The molecule has 0 fully saturated rings. The molecule has 1 aromatic carbocycles. The van der Waals surface area contributed by atoms with E-state index in [0.717, 1.165) is 0 Å². The first-order chi connectivity index (χ1) is 9.86. The van der Waals surface area contributed by atoms with E-state index in [4.69, 9.17) is 4.74 Å². The zero-order chi connectivity index (χ0) is 16.0. The summed E-state index contributed by atoms with van der Waals surface area (Å²) >= 11 is 0. The first-order valence-corrected chi connectivity index (χ1v) is 6.26. The third-order valence-corrected chi connectivity index (χ3v) is 2.58. The Bertz CT molecular complexity index is 557. The smallest absolute Gasteiger partial charge is 0.325 e. The van der Waals surface area contributed by atoms with E-state index in [9.17, 15) is 19.7 Å². The predicted molar refractivity (Wildman–Crippen MR) is 76.2 cm³/mol. The van der Waals surface area contributed by atoms with Gasteiger partial charge in [-0.1, -0.05) is 0 Å². The molecule has 21 heavy (non-hydrogen) atoms. The fraction of sp³-hybridized carbons (Fsp3) is 0.385. The van der Waals surface area contributed by atoms with Crippen LogP contribution in [0.2, 0.25) is 0 Å². The highest BCUT2D eigenvalue weighted by Crippen LogP contribution is 2.25. The lowest BCUT2D eigenvalue weighted by Gasteiger charge is -2.11. The maximum Gasteiger partial charge on any atom is 0.325 e. The molecule has 1 N–H and O–H groups in total. The zero-order valence-electron chi connectivity index (χ0n) is 12.1. The Morgan fingerprint density at radius 2 is 2.05 bits per heavy atom. The number of esters is 1. The molecule has 0 heterocycles. The maximum atomic E-state index is 11.8. The molecule has 0 saturated heterocycles. The number of amides is 1. The molecule has 8 heteroatoms. The van der Waals surface area contributed by atoms with Crippen LogP contribution in [-0.4, -0.2) is 48.9 Å². The molecular weight excluding hydrogens is 278 g/mol. The van der Waals surface area contributed by atoms with Crippen molar-refractivity contribution in [3.8, 4) is 0 Å². The molecule has 1 rings (SSSR count). The molecule has 1 aromatic rings. The highest BCUT2D eigenvalue weighted by atomic mass is 16.6. The van der Waals surface area contributed by atoms with Crippen LogP contribution in [0.25, 0.3) is 0 Å². The van der Waals surface area contributed by atoms with Crippen molar-refractivity contribution in [2.45, 2.75) is 6.92 Å². The van der Waals surface area contributed by atoms with Crippen LogP contribution in [0.15, 0.2) is 18.2 Å². The third-order valence-electron chi connectivity index (χ3n) is 2.58. The van der Waals surface area contributed by atoms with Gasteiger partial charge in [0.05, 0.1) is 11.5 Å².